The van der Waals surface area contributed by atoms with Crippen LogP contribution in [-0.4, -0.2) is 15.1 Å². The maximum Gasteiger partial charge on any atom is 0.245 e. The molecule has 6 heteroatoms. The van der Waals surface area contributed by atoms with E-state index in [0.29, 0.717) is 18.3 Å². The van der Waals surface area contributed by atoms with Gasteiger partial charge in [-0.15, -0.1) is 0 Å². The van der Waals surface area contributed by atoms with Crippen LogP contribution in [0.3, 0.4) is 0 Å². The molecule has 0 saturated heterocycles. The zero-order valence-electron chi connectivity index (χ0n) is 8.07. The minimum absolute atomic E-state index is 0.499. The van der Waals surface area contributed by atoms with E-state index in [9.17, 15) is 0 Å². The first-order valence-electron chi connectivity index (χ1n) is 4.37. The molecule has 0 radical (unpaired) electrons. The Hall–Kier alpha value is -1.43. The topological polar surface area (TPSA) is 63.8 Å². The highest BCUT2D eigenvalue weighted by molar-refractivity contribution is 9.10. The fourth-order valence-electron chi connectivity index (χ4n) is 1.10. The summed E-state index contributed by atoms with van der Waals surface area (Å²) in [4.78, 5) is 8.10. The number of halogens is 1. The highest BCUT2D eigenvalue weighted by Gasteiger charge is 2.02. The van der Waals surface area contributed by atoms with Gasteiger partial charge in [-0.05, 0) is 28.9 Å². The number of rotatable bonds is 3. The van der Waals surface area contributed by atoms with Crippen LogP contribution in [0.5, 0.6) is 0 Å². The molecule has 0 aliphatic heterocycles. The molecule has 2 aromatic heterocycles. The van der Waals surface area contributed by atoms with Crippen molar-refractivity contribution in [2.45, 2.75) is 13.5 Å². The lowest BCUT2D eigenvalue weighted by Crippen LogP contribution is -1.99. The number of anilines is 1. The summed E-state index contributed by atoms with van der Waals surface area (Å²) in [5, 5.41) is 6.82. The van der Waals surface area contributed by atoms with Crippen LogP contribution in [-0.2, 0) is 6.54 Å². The fraction of sp³-hybridized carbons (Fsp3) is 0.222. The predicted octanol–water partition coefficient (Wildman–Crippen LogP) is 2.15. The van der Waals surface area contributed by atoms with Crippen molar-refractivity contribution in [1.82, 2.24) is 15.1 Å². The molecule has 0 aromatic carbocycles. The van der Waals surface area contributed by atoms with E-state index in [2.05, 4.69) is 36.4 Å². The Kier molecular flexibility index (Phi) is 2.96. The van der Waals surface area contributed by atoms with Crippen molar-refractivity contribution in [2.24, 2.45) is 0 Å². The molecule has 5 nitrogen and oxygen atoms in total. The van der Waals surface area contributed by atoms with Gasteiger partial charge in [0.2, 0.25) is 5.89 Å². The number of aromatic nitrogens is 3. The van der Waals surface area contributed by atoms with Crippen molar-refractivity contribution in [3.8, 4) is 0 Å². The van der Waals surface area contributed by atoms with Gasteiger partial charge < -0.3 is 9.84 Å². The summed E-state index contributed by atoms with van der Waals surface area (Å²) >= 11 is 3.34. The van der Waals surface area contributed by atoms with E-state index in [1.165, 1.54) is 0 Å². The molecule has 0 atom stereocenters. The number of pyridine rings is 1. The van der Waals surface area contributed by atoms with Crippen LogP contribution in [0.25, 0.3) is 0 Å². The lowest BCUT2D eigenvalue weighted by atomic mass is 10.4. The van der Waals surface area contributed by atoms with Gasteiger partial charge in [-0.1, -0.05) is 5.16 Å². The van der Waals surface area contributed by atoms with Gasteiger partial charge in [0.1, 0.15) is 0 Å². The SMILES string of the molecule is Cc1noc(CNc2cncc(Br)c2)n1. The van der Waals surface area contributed by atoms with Crippen molar-refractivity contribution in [2.75, 3.05) is 5.32 Å². The molecule has 0 aliphatic carbocycles. The summed E-state index contributed by atoms with van der Waals surface area (Å²) in [6.07, 6.45) is 3.45. The number of hydrogen-bond donors (Lipinski definition) is 1. The normalized spacial score (nSPS) is 10.3. The molecule has 15 heavy (non-hydrogen) atoms. The molecule has 0 fully saturated rings. The lowest BCUT2D eigenvalue weighted by Gasteiger charge is -2.02. The van der Waals surface area contributed by atoms with Gasteiger partial charge in [0.25, 0.3) is 0 Å². The molecule has 0 aliphatic rings. The molecule has 0 amide bonds. The van der Waals surface area contributed by atoms with Crippen LogP contribution in [0, 0.1) is 6.92 Å². The lowest BCUT2D eigenvalue weighted by molar-refractivity contribution is 0.379. The summed E-state index contributed by atoms with van der Waals surface area (Å²) < 4.78 is 5.89. The molecular weight excluding hydrogens is 260 g/mol. The van der Waals surface area contributed by atoms with Crippen LogP contribution in [0.15, 0.2) is 27.5 Å². The number of aryl methyl sites for hydroxylation is 1. The van der Waals surface area contributed by atoms with Gasteiger partial charge in [0.05, 0.1) is 18.4 Å². The summed E-state index contributed by atoms with van der Waals surface area (Å²) in [5.41, 5.74) is 0.903. The molecule has 0 bridgehead atoms. The van der Waals surface area contributed by atoms with E-state index in [0.717, 1.165) is 10.2 Å². The molecule has 2 aromatic rings. The van der Waals surface area contributed by atoms with E-state index < -0.39 is 0 Å². The summed E-state index contributed by atoms with van der Waals surface area (Å²) in [5.74, 6) is 1.20. The molecule has 0 spiro atoms. The van der Waals surface area contributed by atoms with Gasteiger partial charge in [-0.3, -0.25) is 4.98 Å². The average Bonchev–Trinajstić information content (AvgIpc) is 2.62. The number of nitrogens with zero attached hydrogens (tertiary/aromatic N) is 3. The second-order valence-corrected chi connectivity index (χ2v) is 3.90. The molecule has 0 saturated carbocycles. The Bertz CT molecular complexity index is 457. The molecule has 78 valence electrons. The largest absolute Gasteiger partial charge is 0.375 e. The first-order valence-corrected chi connectivity index (χ1v) is 5.17. The molecular formula is C9H9BrN4O. The monoisotopic (exact) mass is 268 g/mol. The second-order valence-electron chi connectivity index (χ2n) is 2.98. The highest BCUT2D eigenvalue weighted by Crippen LogP contribution is 2.14. The third-order valence-corrected chi connectivity index (χ3v) is 2.15. The van der Waals surface area contributed by atoms with Crippen LogP contribution >= 0.6 is 15.9 Å². The van der Waals surface area contributed by atoms with Gasteiger partial charge in [0.15, 0.2) is 5.82 Å². The van der Waals surface area contributed by atoms with E-state index in [-0.39, 0.29) is 0 Å². The fourth-order valence-corrected chi connectivity index (χ4v) is 1.46. The van der Waals surface area contributed by atoms with Crippen LogP contribution < -0.4 is 5.32 Å². The summed E-state index contributed by atoms with van der Waals surface area (Å²) in [7, 11) is 0. The maximum absolute atomic E-state index is 4.96. The van der Waals surface area contributed by atoms with Crippen molar-refractivity contribution >= 4 is 21.6 Å². The van der Waals surface area contributed by atoms with Gasteiger partial charge in [-0.2, -0.15) is 4.98 Å². The van der Waals surface area contributed by atoms with Gasteiger partial charge in [0, 0.05) is 10.7 Å². The van der Waals surface area contributed by atoms with E-state index >= 15 is 0 Å². The van der Waals surface area contributed by atoms with Crippen LogP contribution in [0.2, 0.25) is 0 Å². The van der Waals surface area contributed by atoms with Gasteiger partial charge >= 0.3 is 0 Å². The van der Waals surface area contributed by atoms with Crippen molar-refractivity contribution in [3.05, 3.63) is 34.6 Å². The highest BCUT2D eigenvalue weighted by atomic mass is 79.9. The number of nitrogens with one attached hydrogen (secondary N) is 1. The Morgan fingerprint density at radius 3 is 3.00 bits per heavy atom. The van der Waals surface area contributed by atoms with Crippen molar-refractivity contribution in [3.63, 3.8) is 0 Å². The third kappa shape index (κ3) is 2.76. The summed E-state index contributed by atoms with van der Waals surface area (Å²) in [6, 6.07) is 1.93. The Morgan fingerprint density at radius 2 is 2.33 bits per heavy atom. The first kappa shape index (κ1) is 10.1. The number of hydrogen-bond acceptors (Lipinski definition) is 5. The van der Waals surface area contributed by atoms with Crippen molar-refractivity contribution in [1.29, 1.82) is 0 Å². The summed E-state index contributed by atoms with van der Waals surface area (Å²) in [6.45, 7) is 2.28. The van der Waals surface area contributed by atoms with E-state index in [1.54, 1.807) is 19.3 Å². The standard InChI is InChI=1S/C9H9BrN4O/c1-6-13-9(15-14-6)5-12-8-2-7(10)3-11-4-8/h2-4,12H,5H2,1H3. The van der Waals surface area contributed by atoms with E-state index in [4.69, 9.17) is 4.52 Å². The Labute approximate surface area is 95.0 Å². The molecule has 0 unspecified atom stereocenters. The smallest absolute Gasteiger partial charge is 0.245 e. The molecule has 2 rings (SSSR count). The minimum Gasteiger partial charge on any atom is -0.375 e. The second kappa shape index (κ2) is 4.39. The average molecular weight is 269 g/mol. The Balaban J connectivity index is 1.99. The Morgan fingerprint density at radius 1 is 1.47 bits per heavy atom. The first-order chi connectivity index (χ1) is 7.24. The quantitative estimate of drug-likeness (QED) is 0.924. The maximum atomic E-state index is 4.96. The van der Waals surface area contributed by atoms with Crippen LogP contribution in [0.1, 0.15) is 11.7 Å². The minimum atomic E-state index is 0.499. The third-order valence-electron chi connectivity index (χ3n) is 1.72. The zero-order chi connectivity index (χ0) is 10.7. The van der Waals surface area contributed by atoms with Gasteiger partial charge in [-0.25, -0.2) is 0 Å². The zero-order valence-corrected chi connectivity index (χ0v) is 9.65. The van der Waals surface area contributed by atoms with Crippen molar-refractivity contribution < 1.29 is 4.52 Å². The van der Waals surface area contributed by atoms with Crippen LogP contribution in [0.4, 0.5) is 5.69 Å². The molecule has 1 N–H and O–H groups in total. The molecule has 2 heterocycles. The predicted molar refractivity (Wildman–Crippen MR) is 58.3 cm³/mol. The van der Waals surface area contributed by atoms with E-state index in [1.807, 2.05) is 6.07 Å².